The first kappa shape index (κ1) is 30.7. The lowest BCUT2D eigenvalue weighted by atomic mass is 9.98. The largest absolute Gasteiger partial charge is 0.309 e. The summed E-state index contributed by atoms with van der Waals surface area (Å²) in [5, 5.41) is 27.5. The highest BCUT2D eigenvalue weighted by Crippen LogP contribution is 2.43. The molecule has 11 aromatic rings. The lowest BCUT2D eigenvalue weighted by Gasteiger charge is -2.19. The summed E-state index contributed by atoms with van der Waals surface area (Å²) in [6.07, 6.45) is 0. The molecule has 0 N–H and O–H groups in total. The second-order valence-electron chi connectivity index (χ2n) is 13.9. The Morgan fingerprint density at radius 2 is 0.836 bits per heavy atom. The highest BCUT2D eigenvalue weighted by atomic mass is 15.0. The van der Waals surface area contributed by atoms with Gasteiger partial charge < -0.3 is 13.7 Å². The molecule has 0 radical (unpaired) electrons. The molecule has 0 fully saturated rings. The summed E-state index contributed by atoms with van der Waals surface area (Å²) < 4.78 is 6.91. The average molecular weight is 700 g/mol. The number of hydrogen-bond donors (Lipinski definition) is 0. The lowest BCUT2D eigenvalue weighted by Crippen LogP contribution is -2.03. The van der Waals surface area contributed by atoms with Gasteiger partial charge >= 0.3 is 0 Å². The molecule has 0 unspecified atom stereocenters. The normalized spacial score (nSPS) is 11.6. The third-order valence-corrected chi connectivity index (χ3v) is 11.1. The molecule has 8 aromatic carbocycles. The van der Waals surface area contributed by atoms with Crippen molar-refractivity contribution in [3.05, 3.63) is 187 Å². The predicted molar refractivity (Wildman–Crippen MR) is 224 cm³/mol. The molecule has 0 saturated heterocycles. The summed E-state index contributed by atoms with van der Waals surface area (Å²) in [5.74, 6) is 0. The van der Waals surface area contributed by atoms with E-state index >= 15 is 0 Å². The van der Waals surface area contributed by atoms with Gasteiger partial charge in [-0.3, -0.25) is 0 Å². The molecule has 5 heteroatoms. The van der Waals surface area contributed by atoms with Gasteiger partial charge in [0.25, 0.3) is 0 Å². The molecule has 0 amide bonds. The minimum atomic E-state index is 0.549. The van der Waals surface area contributed by atoms with Crippen LogP contribution in [0.5, 0.6) is 0 Å². The van der Waals surface area contributed by atoms with Crippen molar-refractivity contribution in [2.45, 2.75) is 0 Å². The maximum Gasteiger partial charge on any atom is 0.101 e. The van der Waals surface area contributed by atoms with Gasteiger partial charge in [-0.2, -0.15) is 10.5 Å². The molecule has 11 rings (SSSR count). The molecule has 0 spiro atoms. The van der Waals surface area contributed by atoms with Gasteiger partial charge in [-0.05, 0) is 60.7 Å². The minimum absolute atomic E-state index is 0.549. The Morgan fingerprint density at radius 1 is 0.345 bits per heavy atom. The van der Waals surface area contributed by atoms with Crippen LogP contribution in [-0.2, 0) is 0 Å². The number of rotatable bonds is 4. The Kier molecular flexibility index (Phi) is 6.61. The number of para-hydroxylation sites is 6. The van der Waals surface area contributed by atoms with Crippen molar-refractivity contribution in [3.63, 3.8) is 0 Å². The fourth-order valence-corrected chi connectivity index (χ4v) is 8.90. The molecule has 0 saturated carbocycles. The van der Waals surface area contributed by atoms with Crippen molar-refractivity contribution in [1.82, 2.24) is 13.7 Å². The van der Waals surface area contributed by atoms with E-state index in [9.17, 15) is 10.5 Å². The van der Waals surface area contributed by atoms with E-state index in [2.05, 4.69) is 159 Å². The van der Waals surface area contributed by atoms with Crippen LogP contribution in [0.4, 0.5) is 0 Å². The zero-order valence-electron chi connectivity index (χ0n) is 29.5. The zero-order chi connectivity index (χ0) is 36.6. The van der Waals surface area contributed by atoms with E-state index in [1.165, 1.54) is 16.2 Å². The molecule has 3 heterocycles. The van der Waals surface area contributed by atoms with E-state index in [4.69, 9.17) is 0 Å². The highest BCUT2D eigenvalue weighted by Gasteiger charge is 2.23. The minimum Gasteiger partial charge on any atom is -0.309 e. The van der Waals surface area contributed by atoms with Crippen LogP contribution in [0, 0.1) is 22.7 Å². The Balaban J connectivity index is 1.23. The summed E-state index contributed by atoms with van der Waals surface area (Å²) in [6, 6.07) is 66.0. The summed E-state index contributed by atoms with van der Waals surface area (Å²) in [4.78, 5) is 0. The van der Waals surface area contributed by atoms with Crippen LogP contribution >= 0.6 is 0 Å². The Morgan fingerprint density at radius 3 is 1.51 bits per heavy atom. The van der Waals surface area contributed by atoms with E-state index in [0.29, 0.717) is 11.1 Å². The lowest BCUT2D eigenvalue weighted by molar-refractivity contribution is 1.14. The van der Waals surface area contributed by atoms with Gasteiger partial charge in [-0.15, -0.1) is 0 Å². The first-order chi connectivity index (χ1) is 27.2. The van der Waals surface area contributed by atoms with Crippen molar-refractivity contribution < 1.29 is 0 Å². The van der Waals surface area contributed by atoms with Crippen LogP contribution < -0.4 is 0 Å². The van der Waals surface area contributed by atoms with Gasteiger partial charge in [-0.1, -0.05) is 115 Å². The Bertz CT molecular complexity index is 3420. The van der Waals surface area contributed by atoms with Crippen LogP contribution in [0.2, 0.25) is 0 Å². The maximum atomic E-state index is 10.7. The topological polar surface area (TPSA) is 62.4 Å². The van der Waals surface area contributed by atoms with Crippen LogP contribution in [-0.4, -0.2) is 13.7 Å². The van der Waals surface area contributed by atoms with Crippen LogP contribution in [0.15, 0.2) is 176 Å². The van der Waals surface area contributed by atoms with Gasteiger partial charge in [0.05, 0.1) is 61.7 Å². The molecule has 0 atom stereocenters. The predicted octanol–water partition coefficient (Wildman–Crippen LogP) is 12.4. The SMILES string of the molecule is N#Cc1cccc(-c2ccccc2-n2c3ccccc3c3ccc(-n4c5ccccc5c5ccccc54)cc32)c1-n1c2ccccc2c2c(C#N)cccc21. The van der Waals surface area contributed by atoms with Crippen LogP contribution in [0.3, 0.4) is 0 Å². The quantitative estimate of drug-likeness (QED) is 0.184. The smallest absolute Gasteiger partial charge is 0.101 e. The van der Waals surface area contributed by atoms with E-state index in [1.807, 2.05) is 42.5 Å². The molecule has 254 valence electrons. The fourth-order valence-electron chi connectivity index (χ4n) is 8.90. The fraction of sp³-hybridized carbons (Fsp3) is 0. The van der Waals surface area contributed by atoms with Crippen molar-refractivity contribution in [1.29, 1.82) is 10.5 Å². The molecule has 5 nitrogen and oxygen atoms in total. The Labute approximate surface area is 316 Å². The number of benzene rings is 8. The molecule has 3 aromatic heterocycles. The molecule has 0 bridgehead atoms. The van der Waals surface area contributed by atoms with Crippen molar-refractivity contribution in [2.75, 3.05) is 0 Å². The van der Waals surface area contributed by atoms with E-state index in [1.54, 1.807) is 0 Å². The van der Waals surface area contributed by atoms with E-state index < -0.39 is 0 Å². The first-order valence-corrected chi connectivity index (χ1v) is 18.3. The average Bonchev–Trinajstić information content (AvgIpc) is 3.89. The highest BCUT2D eigenvalue weighted by molar-refractivity contribution is 6.14. The third kappa shape index (κ3) is 4.33. The van der Waals surface area contributed by atoms with E-state index in [0.717, 1.165) is 77.4 Å². The van der Waals surface area contributed by atoms with Gasteiger partial charge in [0, 0.05) is 49.1 Å². The molecular formula is C50H29N5. The van der Waals surface area contributed by atoms with Crippen molar-refractivity contribution in [2.24, 2.45) is 0 Å². The zero-order valence-corrected chi connectivity index (χ0v) is 29.5. The van der Waals surface area contributed by atoms with Crippen LogP contribution in [0.1, 0.15) is 11.1 Å². The number of fused-ring (bicyclic) bond motifs is 9. The van der Waals surface area contributed by atoms with Crippen molar-refractivity contribution >= 4 is 65.4 Å². The summed E-state index contributed by atoms with van der Waals surface area (Å²) in [6.45, 7) is 0. The molecule has 0 aliphatic rings. The standard InChI is InChI=1S/C50H29N5/c51-30-32-13-12-26-47-49(32)41-19-5-10-25-46(41)55(47)50-33(31-52)14-11-20-40(50)38-18-4-9-24-45(38)54-44-23-8-3-17-37(44)39-28-27-34(29-48(39)54)53-42-21-6-1-15-35(42)36-16-2-7-22-43(36)53/h1-29H. The maximum absolute atomic E-state index is 10.7. The monoisotopic (exact) mass is 699 g/mol. The summed E-state index contributed by atoms with van der Waals surface area (Å²) >= 11 is 0. The van der Waals surface area contributed by atoms with E-state index in [-0.39, 0.29) is 0 Å². The second kappa shape index (κ2) is 11.8. The number of aromatic nitrogens is 3. The van der Waals surface area contributed by atoms with Gasteiger partial charge in [-0.25, -0.2) is 0 Å². The van der Waals surface area contributed by atoms with Gasteiger partial charge in [0.15, 0.2) is 0 Å². The number of hydrogen-bond acceptors (Lipinski definition) is 2. The molecule has 55 heavy (non-hydrogen) atoms. The Hall–Kier alpha value is -7.86. The number of nitriles is 2. The van der Waals surface area contributed by atoms with Gasteiger partial charge in [0.1, 0.15) is 6.07 Å². The summed E-state index contributed by atoms with van der Waals surface area (Å²) in [5.41, 5.74) is 12.3. The second-order valence-corrected chi connectivity index (χ2v) is 13.9. The number of nitrogens with zero attached hydrogens (tertiary/aromatic N) is 5. The summed E-state index contributed by atoms with van der Waals surface area (Å²) in [7, 11) is 0. The molecular weight excluding hydrogens is 671 g/mol. The first-order valence-electron chi connectivity index (χ1n) is 18.3. The molecule has 0 aliphatic heterocycles. The van der Waals surface area contributed by atoms with Gasteiger partial charge in [0.2, 0.25) is 0 Å². The molecule has 0 aliphatic carbocycles. The third-order valence-electron chi connectivity index (χ3n) is 11.1. The van der Waals surface area contributed by atoms with Crippen molar-refractivity contribution in [3.8, 4) is 40.3 Å². The van der Waals surface area contributed by atoms with Crippen LogP contribution in [0.25, 0.3) is 93.6 Å².